The van der Waals surface area contributed by atoms with Crippen LogP contribution in [0.5, 0.6) is 0 Å². The van der Waals surface area contributed by atoms with Crippen LogP contribution in [0.4, 0.5) is 0 Å². The number of amides is 1. The molecule has 0 spiro atoms. The number of hydrogen-bond acceptors (Lipinski definition) is 6. The van der Waals surface area contributed by atoms with Crippen LogP contribution in [0.3, 0.4) is 0 Å². The van der Waals surface area contributed by atoms with Crippen molar-refractivity contribution in [2.45, 2.75) is 38.1 Å². The van der Waals surface area contributed by atoms with Gasteiger partial charge in [0.05, 0.1) is 23.6 Å². The maximum Gasteiger partial charge on any atom is 0.233 e. The second-order valence-electron chi connectivity index (χ2n) is 6.05. The third-order valence-corrected chi connectivity index (χ3v) is 4.72. The van der Waals surface area contributed by atoms with Crippen molar-refractivity contribution >= 4 is 17.7 Å². The van der Waals surface area contributed by atoms with E-state index in [1.165, 1.54) is 17.3 Å². The molecule has 0 N–H and O–H groups in total. The summed E-state index contributed by atoms with van der Waals surface area (Å²) in [7, 11) is 0. The molecular weight excluding hydrogens is 326 g/mol. The summed E-state index contributed by atoms with van der Waals surface area (Å²) in [5, 5.41) is 12.4. The molecule has 0 aliphatic carbocycles. The molecule has 1 aromatic carbocycles. The highest BCUT2D eigenvalue weighted by molar-refractivity contribution is 7.99. The topological polar surface area (TPSA) is 73.1 Å². The molecule has 128 valence electrons. The van der Waals surface area contributed by atoms with Gasteiger partial charge in [0.15, 0.2) is 0 Å². The first-order valence-electron chi connectivity index (χ1n) is 7.94. The van der Waals surface area contributed by atoms with Gasteiger partial charge in [0.1, 0.15) is 0 Å². The fraction of sp³-hybridized carbons (Fsp3) is 0.500. The van der Waals surface area contributed by atoms with Crippen molar-refractivity contribution in [1.29, 1.82) is 0 Å². The molecule has 2 atom stereocenters. The summed E-state index contributed by atoms with van der Waals surface area (Å²) in [6.07, 6.45) is 0.140. The van der Waals surface area contributed by atoms with E-state index in [-0.39, 0.29) is 18.1 Å². The Labute approximate surface area is 145 Å². The van der Waals surface area contributed by atoms with Gasteiger partial charge in [-0.25, -0.2) is 0 Å². The van der Waals surface area contributed by atoms with Crippen LogP contribution < -0.4 is 0 Å². The summed E-state index contributed by atoms with van der Waals surface area (Å²) >= 11 is 1.35. The van der Waals surface area contributed by atoms with Crippen LogP contribution in [0.1, 0.15) is 19.4 Å². The Bertz CT molecular complexity index is 693. The third-order valence-electron chi connectivity index (χ3n) is 3.82. The Balaban J connectivity index is 1.64. The normalized spacial score (nSPS) is 21.0. The lowest BCUT2D eigenvalue weighted by molar-refractivity contribution is -0.140. The molecule has 1 amide bonds. The summed E-state index contributed by atoms with van der Waals surface area (Å²) in [6, 6.07) is 7.94. The average molecular weight is 347 g/mol. The van der Waals surface area contributed by atoms with Crippen LogP contribution >= 0.6 is 11.8 Å². The highest BCUT2D eigenvalue weighted by Crippen LogP contribution is 2.20. The van der Waals surface area contributed by atoms with Gasteiger partial charge in [-0.15, -0.1) is 5.10 Å². The van der Waals surface area contributed by atoms with Crippen LogP contribution in [0.15, 0.2) is 29.4 Å². The number of thioether (sulfide) groups is 1. The fourth-order valence-electron chi connectivity index (χ4n) is 2.72. The summed E-state index contributed by atoms with van der Waals surface area (Å²) in [6.45, 7) is 7.27. The standard InChI is InChI=1S/C16H21N5O2S/c1-11-4-6-14(7-5-11)21-16(17-18-19-21)24-10-15(22)20-8-12(2)23-13(3)9-20/h4-7,12-13H,8-10H2,1-3H3/t12-,13-/m1/s1. The number of carbonyl (C=O) groups is 1. The Kier molecular flexibility index (Phi) is 5.15. The Morgan fingerprint density at radius 3 is 2.58 bits per heavy atom. The molecule has 2 aromatic rings. The van der Waals surface area contributed by atoms with E-state index in [9.17, 15) is 4.79 Å². The van der Waals surface area contributed by atoms with Crippen LogP contribution in [0.2, 0.25) is 0 Å². The van der Waals surface area contributed by atoms with Gasteiger partial charge in [-0.1, -0.05) is 29.5 Å². The monoisotopic (exact) mass is 347 g/mol. The van der Waals surface area contributed by atoms with Crippen molar-refractivity contribution in [3.63, 3.8) is 0 Å². The smallest absolute Gasteiger partial charge is 0.233 e. The average Bonchev–Trinajstić information content (AvgIpc) is 3.01. The van der Waals surface area contributed by atoms with Crippen molar-refractivity contribution in [1.82, 2.24) is 25.1 Å². The minimum absolute atomic E-state index is 0.0700. The van der Waals surface area contributed by atoms with E-state index in [1.54, 1.807) is 4.68 Å². The van der Waals surface area contributed by atoms with E-state index in [0.29, 0.717) is 24.0 Å². The first-order valence-corrected chi connectivity index (χ1v) is 8.93. The zero-order valence-corrected chi connectivity index (χ0v) is 14.9. The predicted molar refractivity (Wildman–Crippen MR) is 91.2 cm³/mol. The number of tetrazole rings is 1. The summed E-state index contributed by atoms with van der Waals surface area (Å²) in [5.74, 6) is 0.395. The van der Waals surface area contributed by atoms with E-state index in [1.807, 2.05) is 49.9 Å². The minimum atomic E-state index is 0.0700. The molecule has 8 heteroatoms. The molecule has 3 rings (SSSR count). The summed E-state index contributed by atoms with van der Waals surface area (Å²) in [5.41, 5.74) is 2.06. The Morgan fingerprint density at radius 2 is 1.92 bits per heavy atom. The van der Waals surface area contributed by atoms with Crippen molar-refractivity contribution < 1.29 is 9.53 Å². The maximum absolute atomic E-state index is 12.4. The van der Waals surface area contributed by atoms with Crippen LogP contribution in [-0.2, 0) is 9.53 Å². The van der Waals surface area contributed by atoms with Gasteiger partial charge in [0, 0.05) is 13.1 Å². The molecule has 1 fully saturated rings. The molecule has 1 aliphatic rings. The SMILES string of the molecule is Cc1ccc(-n2nnnc2SCC(=O)N2C[C@@H](C)O[C@H](C)C2)cc1. The van der Waals surface area contributed by atoms with Gasteiger partial charge in [0.25, 0.3) is 0 Å². The van der Waals surface area contributed by atoms with Gasteiger partial charge in [0.2, 0.25) is 11.1 Å². The van der Waals surface area contributed by atoms with Gasteiger partial charge in [-0.2, -0.15) is 4.68 Å². The van der Waals surface area contributed by atoms with Gasteiger partial charge in [-0.3, -0.25) is 4.79 Å². The largest absolute Gasteiger partial charge is 0.372 e. The number of rotatable bonds is 4. The highest BCUT2D eigenvalue weighted by atomic mass is 32.2. The van der Waals surface area contributed by atoms with Crippen LogP contribution in [-0.4, -0.2) is 62.1 Å². The quantitative estimate of drug-likeness (QED) is 0.784. The number of aromatic nitrogens is 4. The molecule has 0 radical (unpaired) electrons. The summed E-state index contributed by atoms with van der Waals surface area (Å²) in [4.78, 5) is 14.3. The lowest BCUT2D eigenvalue weighted by atomic mass is 10.2. The van der Waals surface area contributed by atoms with E-state index in [0.717, 1.165) is 5.69 Å². The Hall–Kier alpha value is -1.93. The van der Waals surface area contributed by atoms with Gasteiger partial charge >= 0.3 is 0 Å². The van der Waals surface area contributed by atoms with Gasteiger partial charge < -0.3 is 9.64 Å². The van der Waals surface area contributed by atoms with E-state index in [2.05, 4.69) is 15.5 Å². The van der Waals surface area contributed by atoms with Crippen molar-refractivity contribution in [2.24, 2.45) is 0 Å². The first kappa shape index (κ1) is 16.9. The predicted octanol–water partition coefficient (Wildman–Crippen LogP) is 1.70. The summed E-state index contributed by atoms with van der Waals surface area (Å²) < 4.78 is 7.32. The lowest BCUT2D eigenvalue weighted by Gasteiger charge is -2.35. The number of morpholine rings is 1. The molecule has 1 aliphatic heterocycles. The van der Waals surface area contributed by atoms with Crippen molar-refractivity contribution in [3.05, 3.63) is 29.8 Å². The second kappa shape index (κ2) is 7.31. The number of carbonyl (C=O) groups excluding carboxylic acids is 1. The van der Waals surface area contributed by atoms with Crippen LogP contribution in [0.25, 0.3) is 5.69 Å². The van der Waals surface area contributed by atoms with Crippen LogP contribution in [0, 0.1) is 6.92 Å². The Morgan fingerprint density at radius 1 is 1.25 bits per heavy atom. The molecule has 7 nitrogen and oxygen atoms in total. The molecule has 0 saturated carbocycles. The number of aryl methyl sites for hydroxylation is 1. The highest BCUT2D eigenvalue weighted by Gasteiger charge is 2.26. The molecule has 1 aromatic heterocycles. The lowest BCUT2D eigenvalue weighted by Crippen LogP contribution is -2.48. The molecule has 0 unspecified atom stereocenters. The second-order valence-corrected chi connectivity index (χ2v) is 7.00. The molecule has 0 bridgehead atoms. The number of nitrogens with zero attached hydrogens (tertiary/aromatic N) is 5. The van der Waals surface area contributed by atoms with Gasteiger partial charge in [-0.05, 0) is 43.3 Å². The van der Waals surface area contributed by atoms with E-state index in [4.69, 9.17) is 4.74 Å². The maximum atomic E-state index is 12.4. The zero-order valence-electron chi connectivity index (χ0n) is 14.0. The third kappa shape index (κ3) is 3.93. The van der Waals surface area contributed by atoms with E-state index >= 15 is 0 Å². The zero-order chi connectivity index (χ0) is 17.1. The fourth-order valence-corrected chi connectivity index (χ4v) is 3.51. The number of benzene rings is 1. The number of ether oxygens (including phenoxy) is 1. The molecule has 1 saturated heterocycles. The number of hydrogen-bond donors (Lipinski definition) is 0. The van der Waals surface area contributed by atoms with Crippen molar-refractivity contribution in [3.8, 4) is 5.69 Å². The minimum Gasteiger partial charge on any atom is -0.372 e. The molecule has 2 heterocycles. The van der Waals surface area contributed by atoms with E-state index < -0.39 is 0 Å². The first-order chi connectivity index (χ1) is 11.5. The van der Waals surface area contributed by atoms with Crippen molar-refractivity contribution in [2.75, 3.05) is 18.8 Å². The molecular formula is C16H21N5O2S. The molecule has 24 heavy (non-hydrogen) atoms.